The first-order valence-electron chi connectivity index (χ1n) is 5.62. The van der Waals surface area contributed by atoms with Gasteiger partial charge in [0.05, 0.1) is 12.2 Å². The number of para-hydroxylation sites is 1. The topological polar surface area (TPSA) is 39.9 Å². The number of ether oxygens (including phenoxy) is 1. The van der Waals surface area contributed by atoms with Crippen molar-refractivity contribution in [1.82, 2.24) is 15.0 Å². The van der Waals surface area contributed by atoms with Crippen LogP contribution in [0.25, 0.3) is 0 Å². The van der Waals surface area contributed by atoms with Gasteiger partial charge in [0.15, 0.2) is 11.6 Å². The van der Waals surface area contributed by atoms with Crippen molar-refractivity contribution in [2.24, 2.45) is 0 Å². The molecule has 0 atom stereocenters. The molecule has 6 heteroatoms. The second-order valence-electron chi connectivity index (χ2n) is 3.69. The molecule has 0 saturated carbocycles. The number of benzene rings is 1. The Kier molecular flexibility index (Phi) is 4.52. The highest BCUT2D eigenvalue weighted by atomic mass is 35.5. The number of aromatic nitrogens is 3. The van der Waals surface area contributed by atoms with Crippen LogP contribution in [0, 0.1) is 5.82 Å². The highest BCUT2D eigenvalue weighted by Crippen LogP contribution is 2.15. The SMILES string of the molecule is Fc1ccccc1OCCn1cc(CCCl)nn1. The van der Waals surface area contributed by atoms with Gasteiger partial charge in [0, 0.05) is 18.5 Å². The van der Waals surface area contributed by atoms with E-state index in [0.717, 1.165) is 5.69 Å². The number of alkyl halides is 1. The highest BCUT2D eigenvalue weighted by Gasteiger charge is 2.03. The lowest BCUT2D eigenvalue weighted by atomic mass is 10.3. The number of hydrogen-bond acceptors (Lipinski definition) is 3. The van der Waals surface area contributed by atoms with Crippen molar-refractivity contribution >= 4 is 11.6 Å². The Morgan fingerprint density at radius 2 is 2.17 bits per heavy atom. The van der Waals surface area contributed by atoms with Gasteiger partial charge in [-0.05, 0) is 12.1 Å². The first-order chi connectivity index (χ1) is 8.79. The van der Waals surface area contributed by atoms with E-state index in [1.807, 2.05) is 6.20 Å². The minimum absolute atomic E-state index is 0.249. The van der Waals surface area contributed by atoms with E-state index in [4.69, 9.17) is 16.3 Å². The molecule has 0 unspecified atom stereocenters. The maximum atomic E-state index is 13.2. The van der Waals surface area contributed by atoms with Gasteiger partial charge in [-0.3, -0.25) is 0 Å². The van der Waals surface area contributed by atoms with Crippen molar-refractivity contribution in [3.63, 3.8) is 0 Å². The predicted molar refractivity (Wildman–Crippen MR) is 66.3 cm³/mol. The smallest absolute Gasteiger partial charge is 0.165 e. The Hall–Kier alpha value is -1.62. The average molecular weight is 270 g/mol. The fraction of sp³-hybridized carbons (Fsp3) is 0.333. The molecule has 1 aromatic carbocycles. The molecular weight excluding hydrogens is 257 g/mol. The molecule has 0 aliphatic heterocycles. The van der Waals surface area contributed by atoms with Crippen LogP contribution in [0.3, 0.4) is 0 Å². The first-order valence-corrected chi connectivity index (χ1v) is 6.15. The van der Waals surface area contributed by atoms with Gasteiger partial charge in [0.25, 0.3) is 0 Å². The van der Waals surface area contributed by atoms with E-state index >= 15 is 0 Å². The van der Waals surface area contributed by atoms with Crippen molar-refractivity contribution in [2.45, 2.75) is 13.0 Å². The standard InChI is InChI=1S/C12H13ClFN3O/c13-6-5-10-9-17(16-15-10)7-8-18-12-4-2-1-3-11(12)14/h1-4,9H,5-8H2. The molecule has 1 heterocycles. The van der Waals surface area contributed by atoms with Gasteiger partial charge in [-0.1, -0.05) is 17.3 Å². The molecule has 0 N–H and O–H groups in total. The second kappa shape index (κ2) is 6.35. The van der Waals surface area contributed by atoms with E-state index in [1.165, 1.54) is 6.07 Å². The van der Waals surface area contributed by atoms with Gasteiger partial charge in [-0.25, -0.2) is 9.07 Å². The van der Waals surface area contributed by atoms with E-state index in [2.05, 4.69) is 10.3 Å². The quantitative estimate of drug-likeness (QED) is 0.756. The zero-order valence-electron chi connectivity index (χ0n) is 9.72. The third kappa shape index (κ3) is 3.43. The third-order valence-electron chi connectivity index (χ3n) is 2.35. The van der Waals surface area contributed by atoms with Crippen molar-refractivity contribution in [3.8, 4) is 5.75 Å². The van der Waals surface area contributed by atoms with E-state index in [9.17, 15) is 4.39 Å². The van der Waals surface area contributed by atoms with E-state index in [-0.39, 0.29) is 11.6 Å². The monoisotopic (exact) mass is 269 g/mol. The van der Waals surface area contributed by atoms with E-state index in [0.29, 0.717) is 25.5 Å². The Morgan fingerprint density at radius 1 is 1.33 bits per heavy atom. The Balaban J connectivity index is 1.83. The molecule has 0 aliphatic carbocycles. The van der Waals surface area contributed by atoms with Crippen LogP contribution in [0.15, 0.2) is 30.5 Å². The largest absolute Gasteiger partial charge is 0.489 e. The lowest BCUT2D eigenvalue weighted by molar-refractivity contribution is 0.277. The summed E-state index contributed by atoms with van der Waals surface area (Å²) in [6, 6.07) is 6.31. The molecule has 0 saturated heterocycles. The maximum absolute atomic E-state index is 13.2. The van der Waals surface area contributed by atoms with Crippen LogP contribution in [0.2, 0.25) is 0 Å². The highest BCUT2D eigenvalue weighted by molar-refractivity contribution is 6.17. The van der Waals surface area contributed by atoms with Crippen LogP contribution in [-0.2, 0) is 13.0 Å². The summed E-state index contributed by atoms with van der Waals surface area (Å²) in [6.45, 7) is 0.855. The molecule has 2 rings (SSSR count). The van der Waals surface area contributed by atoms with E-state index in [1.54, 1.807) is 22.9 Å². The van der Waals surface area contributed by atoms with Gasteiger partial charge >= 0.3 is 0 Å². The summed E-state index contributed by atoms with van der Waals surface area (Å²) in [6.07, 6.45) is 2.50. The van der Waals surface area contributed by atoms with Crippen LogP contribution in [0.5, 0.6) is 5.75 Å². The minimum Gasteiger partial charge on any atom is -0.489 e. The summed E-state index contributed by atoms with van der Waals surface area (Å²) < 4.78 is 20.2. The van der Waals surface area contributed by atoms with Crippen LogP contribution < -0.4 is 4.74 Å². The molecule has 0 amide bonds. The lowest BCUT2D eigenvalue weighted by Gasteiger charge is -2.06. The lowest BCUT2D eigenvalue weighted by Crippen LogP contribution is -2.09. The Bertz CT molecular complexity index is 504. The molecule has 2 aromatic rings. The van der Waals surface area contributed by atoms with Crippen LogP contribution in [-0.4, -0.2) is 27.5 Å². The van der Waals surface area contributed by atoms with Gasteiger partial charge in [-0.15, -0.1) is 16.7 Å². The molecular formula is C12H13ClFN3O. The van der Waals surface area contributed by atoms with Gasteiger partial charge in [0.1, 0.15) is 6.61 Å². The number of halogens is 2. The average Bonchev–Trinajstić information content (AvgIpc) is 2.80. The normalized spacial score (nSPS) is 10.6. The number of aryl methyl sites for hydroxylation is 1. The van der Waals surface area contributed by atoms with Gasteiger partial charge in [-0.2, -0.15) is 0 Å². The molecule has 0 aliphatic rings. The fourth-order valence-corrected chi connectivity index (χ4v) is 1.66. The van der Waals surface area contributed by atoms with E-state index < -0.39 is 0 Å². The number of rotatable bonds is 6. The molecule has 0 radical (unpaired) electrons. The van der Waals surface area contributed by atoms with Crippen LogP contribution in [0.4, 0.5) is 4.39 Å². The van der Waals surface area contributed by atoms with Crippen molar-refractivity contribution < 1.29 is 9.13 Å². The molecule has 0 fully saturated rings. The zero-order valence-corrected chi connectivity index (χ0v) is 10.5. The van der Waals surface area contributed by atoms with Crippen LogP contribution in [0.1, 0.15) is 5.69 Å². The molecule has 0 spiro atoms. The maximum Gasteiger partial charge on any atom is 0.165 e. The number of hydrogen-bond donors (Lipinski definition) is 0. The van der Waals surface area contributed by atoms with Gasteiger partial charge < -0.3 is 4.74 Å². The number of nitrogens with zero attached hydrogens (tertiary/aromatic N) is 3. The van der Waals surface area contributed by atoms with Gasteiger partial charge in [0.2, 0.25) is 0 Å². The summed E-state index contributed by atoms with van der Waals surface area (Å²) in [5.41, 5.74) is 0.843. The Labute approximate surface area is 109 Å². The second-order valence-corrected chi connectivity index (χ2v) is 4.07. The molecule has 96 valence electrons. The molecule has 1 aromatic heterocycles. The predicted octanol–water partition coefficient (Wildman–Crippen LogP) is 2.28. The summed E-state index contributed by atoms with van der Waals surface area (Å²) in [4.78, 5) is 0. The molecule has 4 nitrogen and oxygen atoms in total. The van der Waals surface area contributed by atoms with Crippen molar-refractivity contribution in [1.29, 1.82) is 0 Å². The Morgan fingerprint density at radius 3 is 2.94 bits per heavy atom. The summed E-state index contributed by atoms with van der Waals surface area (Å²) in [7, 11) is 0. The zero-order chi connectivity index (χ0) is 12.8. The minimum atomic E-state index is -0.362. The summed E-state index contributed by atoms with van der Waals surface area (Å²) in [5.74, 6) is 0.405. The summed E-state index contributed by atoms with van der Waals surface area (Å²) >= 11 is 5.60. The third-order valence-corrected chi connectivity index (χ3v) is 2.54. The summed E-state index contributed by atoms with van der Waals surface area (Å²) in [5, 5.41) is 7.87. The van der Waals surface area contributed by atoms with Crippen LogP contribution >= 0.6 is 11.6 Å². The van der Waals surface area contributed by atoms with Crippen molar-refractivity contribution in [3.05, 3.63) is 42.0 Å². The molecule has 18 heavy (non-hydrogen) atoms. The fourth-order valence-electron chi connectivity index (χ4n) is 1.47. The van der Waals surface area contributed by atoms with Crippen molar-refractivity contribution in [2.75, 3.05) is 12.5 Å². The molecule has 0 bridgehead atoms. The first kappa shape index (κ1) is 12.8.